The highest BCUT2D eigenvalue weighted by Crippen LogP contribution is 1.90. The third-order valence-electron chi connectivity index (χ3n) is 1.46. The van der Waals surface area contributed by atoms with Crippen molar-refractivity contribution in [3.8, 4) is 0 Å². The van der Waals surface area contributed by atoms with Crippen molar-refractivity contribution in [2.75, 3.05) is 5.73 Å². The summed E-state index contributed by atoms with van der Waals surface area (Å²) in [5.41, 5.74) is 4.86. The van der Waals surface area contributed by atoms with E-state index in [4.69, 9.17) is 5.73 Å². The van der Waals surface area contributed by atoms with Crippen LogP contribution in [0, 0.1) is 0 Å². The SMILES string of the molecule is Nc1[nH]c(=O)c2[nH]c(=O)[nH]c2[nH+]1. The van der Waals surface area contributed by atoms with Crippen LogP contribution in [0.15, 0.2) is 9.59 Å². The zero-order valence-electron chi connectivity index (χ0n) is 5.89. The minimum atomic E-state index is -0.447. The van der Waals surface area contributed by atoms with Crippen molar-refractivity contribution in [2.45, 2.75) is 0 Å². The summed E-state index contributed by atoms with van der Waals surface area (Å²) < 4.78 is 0. The van der Waals surface area contributed by atoms with Crippen molar-refractivity contribution in [3.05, 3.63) is 20.8 Å². The third-order valence-corrected chi connectivity index (χ3v) is 1.46. The molecule has 2 aromatic heterocycles. The van der Waals surface area contributed by atoms with Gasteiger partial charge >= 0.3 is 17.2 Å². The molecule has 12 heavy (non-hydrogen) atoms. The van der Waals surface area contributed by atoms with Gasteiger partial charge in [-0.2, -0.15) is 0 Å². The largest absolute Gasteiger partial charge is 0.367 e. The van der Waals surface area contributed by atoms with Crippen LogP contribution in [0.1, 0.15) is 0 Å². The number of fused-ring (bicyclic) bond motifs is 1. The van der Waals surface area contributed by atoms with E-state index >= 15 is 0 Å². The number of rotatable bonds is 0. The molecule has 0 aromatic carbocycles. The quantitative estimate of drug-likeness (QED) is 0.361. The summed E-state index contributed by atoms with van der Waals surface area (Å²) >= 11 is 0. The molecule has 6 N–H and O–H groups in total. The van der Waals surface area contributed by atoms with E-state index in [1.807, 2.05) is 0 Å². The van der Waals surface area contributed by atoms with Crippen LogP contribution in [-0.2, 0) is 0 Å². The summed E-state index contributed by atoms with van der Waals surface area (Å²) in [6.07, 6.45) is 0. The molecular formula is C5H6N5O2+. The van der Waals surface area contributed by atoms with Crippen molar-refractivity contribution >= 4 is 17.1 Å². The fraction of sp³-hybridized carbons (Fsp3) is 0. The minimum absolute atomic E-state index is 0.0998. The molecule has 0 aliphatic rings. The molecule has 7 nitrogen and oxygen atoms in total. The summed E-state index contributed by atoms with van der Waals surface area (Å²) in [7, 11) is 0. The molecule has 0 saturated carbocycles. The summed E-state index contributed by atoms with van der Waals surface area (Å²) in [6.45, 7) is 0. The van der Waals surface area contributed by atoms with Crippen LogP contribution in [-0.4, -0.2) is 15.0 Å². The van der Waals surface area contributed by atoms with E-state index in [1.165, 1.54) is 0 Å². The van der Waals surface area contributed by atoms with Crippen LogP contribution in [0.4, 0.5) is 5.95 Å². The van der Waals surface area contributed by atoms with E-state index in [0.29, 0.717) is 5.65 Å². The average Bonchev–Trinajstić information content (AvgIpc) is 2.29. The van der Waals surface area contributed by atoms with Crippen LogP contribution < -0.4 is 22.0 Å². The molecule has 2 rings (SSSR count). The van der Waals surface area contributed by atoms with Gasteiger partial charge in [0.1, 0.15) is 0 Å². The molecule has 0 aliphatic carbocycles. The van der Waals surface area contributed by atoms with Crippen LogP contribution in [0.25, 0.3) is 11.2 Å². The van der Waals surface area contributed by atoms with Crippen molar-refractivity contribution in [1.29, 1.82) is 0 Å². The smallest absolute Gasteiger partial charge is 0.310 e. The lowest BCUT2D eigenvalue weighted by Gasteiger charge is -1.84. The highest BCUT2D eigenvalue weighted by molar-refractivity contribution is 5.64. The van der Waals surface area contributed by atoms with Gasteiger partial charge in [-0.05, 0) is 0 Å². The third kappa shape index (κ3) is 0.797. The van der Waals surface area contributed by atoms with Gasteiger partial charge in [0.2, 0.25) is 5.65 Å². The van der Waals surface area contributed by atoms with Crippen molar-refractivity contribution < 1.29 is 4.98 Å². The second-order valence-corrected chi connectivity index (χ2v) is 2.32. The topological polar surface area (TPSA) is 122 Å². The van der Waals surface area contributed by atoms with Gasteiger partial charge in [0.05, 0.1) is 0 Å². The lowest BCUT2D eigenvalue weighted by atomic mass is 10.5. The first kappa shape index (κ1) is 6.65. The Morgan fingerprint density at radius 3 is 2.67 bits per heavy atom. The van der Waals surface area contributed by atoms with Gasteiger partial charge in [0.25, 0.3) is 0 Å². The van der Waals surface area contributed by atoms with Gasteiger partial charge < -0.3 is 5.73 Å². The minimum Gasteiger partial charge on any atom is -0.310 e. The van der Waals surface area contributed by atoms with Gasteiger partial charge in [0.15, 0.2) is 5.52 Å². The Hall–Kier alpha value is -2.05. The molecule has 62 valence electrons. The number of hydrogen-bond acceptors (Lipinski definition) is 3. The Balaban J connectivity index is 3.08. The van der Waals surface area contributed by atoms with E-state index < -0.39 is 11.2 Å². The molecule has 0 saturated heterocycles. The van der Waals surface area contributed by atoms with Crippen molar-refractivity contribution in [2.24, 2.45) is 0 Å². The number of aromatic amines is 4. The number of nitrogen functional groups attached to an aromatic ring is 1. The number of anilines is 1. The van der Waals surface area contributed by atoms with Gasteiger partial charge in [-0.1, -0.05) is 0 Å². The monoisotopic (exact) mass is 168 g/mol. The average molecular weight is 168 g/mol. The molecule has 0 amide bonds. The van der Waals surface area contributed by atoms with Gasteiger partial charge in [0, 0.05) is 0 Å². The first-order chi connectivity index (χ1) is 5.66. The van der Waals surface area contributed by atoms with Gasteiger partial charge in [-0.3, -0.25) is 9.78 Å². The maximum atomic E-state index is 11.1. The Labute approximate surface area is 64.6 Å². The Morgan fingerprint density at radius 1 is 1.17 bits per heavy atom. The normalized spacial score (nSPS) is 10.7. The molecular weight excluding hydrogens is 162 g/mol. The Bertz CT molecular complexity index is 532. The van der Waals surface area contributed by atoms with Crippen LogP contribution in [0.2, 0.25) is 0 Å². The zero-order chi connectivity index (χ0) is 8.72. The Morgan fingerprint density at radius 2 is 1.92 bits per heavy atom. The molecule has 0 atom stereocenters. The van der Waals surface area contributed by atoms with E-state index in [0.717, 1.165) is 0 Å². The number of nitrogens with two attached hydrogens (primary N) is 1. The fourth-order valence-corrected chi connectivity index (χ4v) is 0.998. The van der Waals surface area contributed by atoms with E-state index in [9.17, 15) is 9.59 Å². The molecule has 2 aromatic rings. The maximum Gasteiger partial charge on any atom is 0.367 e. The van der Waals surface area contributed by atoms with E-state index in [2.05, 4.69) is 19.9 Å². The molecule has 0 unspecified atom stereocenters. The van der Waals surface area contributed by atoms with Crippen molar-refractivity contribution in [1.82, 2.24) is 15.0 Å². The summed E-state index contributed by atoms with van der Waals surface area (Å²) in [4.78, 5) is 31.4. The standard InChI is InChI=1S/C5H5N5O2/c6-4-8-2-1(3(11)10-4)7-5(12)9-2/h(H5,6,7,8,9,10,11,12)/p+1. The highest BCUT2D eigenvalue weighted by atomic mass is 16.1. The lowest BCUT2D eigenvalue weighted by molar-refractivity contribution is -0.333. The second-order valence-electron chi connectivity index (χ2n) is 2.32. The number of nitrogens with one attached hydrogen (secondary N) is 4. The van der Waals surface area contributed by atoms with Crippen molar-refractivity contribution in [3.63, 3.8) is 0 Å². The predicted molar refractivity (Wildman–Crippen MR) is 40.5 cm³/mol. The van der Waals surface area contributed by atoms with E-state index in [1.54, 1.807) is 0 Å². The van der Waals surface area contributed by atoms with E-state index in [-0.39, 0.29) is 11.5 Å². The fourth-order valence-electron chi connectivity index (χ4n) is 0.998. The first-order valence-corrected chi connectivity index (χ1v) is 3.20. The Kier molecular flexibility index (Phi) is 1.09. The molecule has 7 heteroatoms. The van der Waals surface area contributed by atoms with Gasteiger partial charge in [-0.15, -0.1) is 0 Å². The van der Waals surface area contributed by atoms with Crippen LogP contribution in [0.3, 0.4) is 0 Å². The second kappa shape index (κ2) is 1.97. The molecule has 0 bridgehead atoms. The number of imidazole rings is 1. The molecule has 2 heterocycles. The molecule has 0 fully saturated rings. The number of hydrogen-bond donors (Lipinski definition) is 4. The predicted octanol–water partition coefficient (Wildman–Crippen LogP) is -2.06. The zero-order valence-corrected chi connectivity index (χ0v) is 5.89. The maximum absolute atomic E-state index is 11.1. The lowest BCUT2D eigenvalue weighted by Crippen LogP contribution is -2.21. The van der Waals surface area contributed by atoms with Crippen LogP contribution >= 0.6 is 0 Å². The first-order valence-electron chi connectivity index (χ1n) is 3.20. The van der Waals surface area contributed by atoms with Gasteiger partial charge in [-0.25, -0.2) is 19.7 Å². The summed E-state index contributed by atoms with van der Waals surface area (Å²) in [5.74, 6) is 0.0998. The molecule has 0 aliphatic heterocycles. The summed E-state index contributed by atoms with van der Waals surface area (Å²) in [6, 6.07) is 0. The number of H-pyrrole nitrogens is 4. The summed E-state index contributed by atoms with van der Waals surface area (Å²) in [5, 5.41) is 0. The molecule has 0 spiro atoms. The van der Waals surface area contributed by atoms with Crippen LogP contribution in [0.5, 0.6) is 0 Å². The number of aromatic nitrogens is 4. The highest BCUT2D eigenvalue weighted by Gasteiger charge is 2.08. The molecule has 0 radical (unpaired) electrons.